The van der Waals surface area contributed by atoms with E-state index in [1.54, 1.807) is 16.5 Å². The zero-order valence-corrected chi connectivity index (χ0v) is 12.8. The average Bonchev–Trinajstić information content (AvgIpc) is 3.00. The standard InChI is InChI=1S/C20H24/c1-4-13-11-14(5-2)19-17-10-9-12(3)15-7-6-8-16(18(13)19)20(15)17/h6-10,13-14,18-19H,4-5,11H2,1-3H3. The van der Waals surface area contributed by atoms with Gasteiger partial charge in [-0.1, -0.05) is 57.0 Å². The predicted octanol–water partition coefficient (Wildman–Crippen LogP) is 5.79. The van der Waals surface area contributed by atoms with Crippen molar-refractivity contribution in [1.29, 1.82) is 0 Å². The highest BCUT2D eigenvalue weighted by molar-refractivity contribution is 5.94. The quantitative estimate of drug-likeness (QED) is 0.644. The van der Waals surface area contributed by atoms with Gasteiger partial charge in [0.1, 0.15) is 0 Å². The van der Waals surface area contributed by atoms with Crippen molar-refractivity contribution in [3.63, 3.8) is 0 Å². The van der Waals surface area contributed by atoms with Crippen molar-refractivity contribution in [3.05, 3.63) is 47.0 Å². The van der Waals surface area contributed by atoms with Crippen LogP contribution in [0.5, 0.6) is 0 Å². The monoisotopic (exact) mass is 264 g/mol. The van der Waals surface area contributed by atoms with E-state index in [-0.39, 0.29) is 0 Å². The molecule has 4 unspecified atom stereocenters. The van der Waals surface area contributed by atoms with Gasteiger partial charge >= 0.3 is 0 Å². The summed E-state index contributed by atoms with van der Waals surface area (Å²) in [4.78, 5) is 0. The van der Waals surface area contributed by atoms with Crippen LogP contribution in [-0.2, 0) is 0 Å². The number of fused-ring (bicyclic) bond motifs is 3. The Balaban J connectivity index is 2.00. The fourth-order valence-corrected chi connectivity index (χ4v) is 5.17. The molecule has 0 saturated heterocycles. The van der Waals surface area contributed by atoms with Gasteiger partial charge < -0.3 is 0 Å². The van der Waals surface area contributed by atoms with Crippen LogP contribution in [0.2, 0.25) is 0 Å². The van der Waals surface area contributed by atoms with Crippen LogP contribution in [0.25, 0.3) is 10.8 Å². The molecule has 0 nitrogen and oxygen atoms in total. The van der Waals surface area contributed by atoms with Crippen molar-refractivity contribution in [2.45, 2.75) is 51.9 Å². The summed E-state index contributed by atoms with van der Waals surface area (Å²) >= 11 is 0. The smallest absolute Gasteiger partial charge is 0.00556 e. The molecule has 0 N–H and O–H groups in total. The van der Waals surface area contributed by atoms with Gasteiger partial charge in [-0.2, -0.15) is 0 Å². The first-order valence-electron chi connectivity index (χ1n) is 8.28. The Labute approximate surface area is 122 Å². The minimum Gasteiger partial charge on any atom is -0.0651 e. The van der Waals surface area contributed by atoms with Crippen molar-refractivity contribution in [2.24, 2.45) is 11.8 Å². The maximum Gasteiger partial charge on any atom is -0.00556 e. The first kappa shape index (κ1) is 12.4. The number of benzene rings is 2. The molecule has 2 aromatic rings. The summed E-state index contributed by atoms with van der Waals surface area (Å²) in [5, 5.41) is 3.11. The van der Waals surface area contributed by atoms with E-state index < -0.39 is 0 Å². The van der Waals surface area contributed by atoms with Gasteiger partial charge in [0.25, 0.3) is 0 Å². The molecule has 1 fully saturated rings. The minimum absolute atomic E-state index is 0.797. The normalized spacial score (nSPS) is 30.9. The highest BCUT2D eigenvalue weighted by Gasteiger charge is 2.47. The topological polar surface area (TPSA) is 0 Å². The molecule has 0 aromatic heterocycles. The Kier molecular flexibility index (Phi) is 2.70. The minimum atomic E-state index is 0.797. The van der Waals surface area contributed by atoms with Gasteiger partial charge in [-0.05, 0) is 64.5 Å². The van der Waals surface area contributed by atoms with E-state index in [0.29, 0.717) is 0 Å². The molecule has 0 amide bonds. The van der Waals surface area contributed by atoms with E-state index in [4.69, 9.17) is 0 Å². The lowest BCUT2D eigenvalue weighted by Gasteiger charge is -2.20. The summed E-state index contributed by atoms with van der Waals surface area (Å²) < 4.78 is 0. The molecular formula is C20H24. The maximum atomic E-state index is 2.44. The van der Waals surface area contributed by atoms with Crippen molar-refractivity contribution >= 4 is 10.8 Å². The molecular weight excluding hydrogens is 240 g/mol. The van der Waals surface area contributed by atoms with Gasteiger partial charge in [-0.25, -0.2) is 0 Å². The van der Waals surface area contributed by atoms with Crippen LogP contribution >= 0.6 is 0 Å². The summed E-state index contributed by atoms with van der Waals surface area (Å²) in [7, 11) is 0. The molecule has 4 atom stereocenters. The van der Waals surface area contributed by atoms with Crippen LogP contribution in [0.1, 0.15) is 61.6 Å². The Hall–Kier alpha value is -1.30. The average molecular weight is 264 g/mol. The fraction of sp³-hybridized carbons (Fsp3) is 0.500. The van der Waals surface area contributed by atoms with Crippen LogP contribution in [0.15, 0.2) is 30.3 Å². The third-order valence-electron chi connectivity index (χ3n) is 6.10. The van der Waals surface area contributed by atoms with Crippen LogP contribution in [-0.4, -0.2) is 0 Å². The van der Waals surface area contributed by atoms with E-state index >= 15 is 0 Å². The zero-order valence-electron chi connectivity index (χ0n) is 12.8. The maximum absolute atomic E-state index is 2.44. The third kappa shape index (κ3) is 1.43. The lowest BCUT2D eigenvalue weighted by atomic mass is 9.83. The molecule has 1 saturated carbocycles. The van der Waals surface area contributed by atoms with Crippen molar-refractivity contribution < 1.29 is 0 Å². The van der Waals surface area contributed by atoms with Crippen LogP contribution in [0, 0.1) is 18.8 Å². The van der Waals surface area contributed by atoms with Gasteiger partial charge in [-0.3, -0.25) is 0 Å². The Morgan fingerprint density at radius 2 is 1.55 bits per heavy atom. The summed E-state index contributed by atoms with van der Waals surface area (Å²) in [5.74, 6) is 3.38. The fourth-order valence-electron chi connectivity index (χ4n) is 5.17. The first-order valence-corrected chi connectivity index (χ1v) is 8.28. The molecule has 0 heteroatoms. The van der Waals surface area contributed by atoms with Gasteiger partial charge in [0.2, 0.25) is 0 Å². The van der Waals surface area contributed by atoms with Gasteiger partial charge in [0.05, 0.1) is 0 Å². The SMILES string of the molecule is CCC1CC(CC)C2c3ccc(C)c4cccc(c34)C12. The molecule has 0 aliphatic heterocycles. The predicted molar refractivity (Wildman–Crippen MR) is 86.3 cm³/mol. The molecule has 0 spiro atoms. The highest BCUT2D eigenvalue weighted by Crippen LogP contribution is 2.61. The summed E-state index contributed by atoms with van der Waals surface area (Å²) in [6.45, 7) is 7.02. The summed E-state index contributed by atoms with van der Waals surface area (Å²) in [5.41, 5.74) is 4.76. The lowest BCUT2D eigenvalue weighted by Crippen LogP contribution is -2.08. The zero-order chi connectivity index (χ0) is 13.9. The van der Waals surface area contributed by atoms with Gasteiger partial charge in [0.15, 0.2) is 0 Å². The van der Waals surface area contributed by atoms with Gasteiger partial charge in [0, 0.05) is 0 Å². The molecule has 0 bridgehead atoms. The Morgan fingerprint density at radius 3 is 2.20 bits per heavy atom. The second kappa shape index (κ2) is 4.35. The molecule has 0 heterocycles. The van der Waals surface area contributed by atoms with E-state index in [1.165, 1.54) is 30.2 Å². The number of hydrogen-bond donors (Lipinski definition) is 0. The van der Waals surface area contributed by atoms with E-state index in [0.717, 1.165) is 23.7 Å². The number of hydrogen-bond acceptors (Lipinski definition) is 0. The van der Waals surface area contributed by atoms with E-state index in [1.807, 2.05) is 0 Å². The highest BCUT2D eigenvalue weighted by atomic mass is 14.5. The molecule has 0 radical (unpaired) electrons. The second-order valence-corrected chi connectivity index (χ2v) is 6.87. The molecule has 4 rings (SSSR count). The van der Waals surface area contributed by atoms with Crippen LogP contribution < -0.4 is 0 Å². The van der Waals surface area contributed by atoms with E-state index in [2.05, 4.69) is 51.1 Å². The van der Waals surface area contributed by atoms with Gasteiger partial charge in [-0.15, -0.1) is 0 Å². The Morgan fingerprint density at radius 1 is 0.900 bits per heavy atom. The Bertz CT molecular complexity index is 645. The number of aryl methyl sites for hydroxylation is 1. The number of rotatable bonds is 2. The van der Waals surface area contributed by atoms with Crippen molar-refractivity contribution in [2.75, 3.05) is 0 Å². The first-order chi connectivity index (χ1) is 9.76. The summed E-state index contributed by atoms with van der Waals surface area (Å²) in [6, 6.07) is 11.8. The lowest BCUT2D eigenvalue weighted by molar-refractivity contribution is 0.452. The third-order valence-corrected chi connectivity index (χ3v) is 6.10. The summed E-state index contributed by atoms with van der Waals surface area (Å²) in [6.07, 6.45) is 4.11. The second-order valence-electron chi connectivity index (χ2n) is 6.87. The molecule has 2 aliphatic carbocycles. The van der Waals surface area contributed by atoms with Crippen LogP contribution in [0.4, 0.5) is 0 Å². The van der Waals surface area contributed by atoms with Crippen molar-refractivity contribution in [3.8, 4) is 0 Å². The molecule has 104 valence electrons. The van der Waals surface area contributed by atoms with Crippen LogP contribution in [0.3, 0.4) is 0 Å². The molecule has 20 heavy (non-hydrogen) atoms. The molecule has 2 aliphatic rings. The van der Waals surface area contributed by atoms with Crippen molar-refractivity contribution in [1.82, 2.24) is 0 Å². The van der Waals surface area contributed by atoms with E-state index in [9.17, 15) is 0 Å². The molecule has 2 aromatic carbocycles. The largest absolute Gasteiger partial charge is 0.0651 e.